The lowest BCUT2D eigenvalue weighted by Crippen LogP contribution is -2.17. The van der Waals surface area contributed by atoms with E-state index >= 15 is 0 Å². The summed E-state index contributed by atoms with van der Waals surface area (Å²) in [6.45, 7) is 1.30. The van der Waals surface area contributed by atoms with Gasteiger partial charge in [-0.1, -0.05) is 0 Å². The standard InChI is InChI=1S/C11H9F2N3O4S/c1-5-10(9(11(17)18)15-14-5)21(19,20)16-8-3-2-6(12)4-7(8)13/h2-4,16H,1H3,(H,14,15)(H,17,18). The van der Waals surface area contributed by atoms with Gasteiger partial charge in [-0.15, -0.1) is 0 Å². The predicted octanol–water partition coefficient (Wildman–Crippen LogP) is 1.50. The van der Waals surface area contributed by atoms with Crippen LogP contribution in [0.25, 0.3) is 0 Å². The van der Waals surface area contributed by atoms with Gasteiger partial charge in [0.15, 0.2) is 5.69 Å². The van der Waals surface area contributed by atoms with Crippen LogP contribution in [0.15, 0.2) is 23.1 Å². The van der Waals surface area contributed by atoms with Crippen LogP contribution in [0.4, 0.5) is 14.5 Å². The van der Waals surface area contributed by atoms with Crippen molar-refractivity contribution in [1.29, 1.82) is 0 Å². The third-order valence-electron chi connectivity index (χ3n) is 2.54. The Kier molecular flexibility index (Phi) is 3.64. The lowest BCUT2D eigenvalue weighted by molar-refractivity contribution is 0.0686. The van der Waals surface area contributed by atoms with E-state index in [0.29, 0.717) is 6.07 Å². The molecule has 112 valence electrons. The zero-order chi connectivity index (χ0) is 15.8. The molecule has 0 radical (unpaired) electrons. The van der Waals surface area contributed by atoms with E-state index < -0.39 is 43.9 Å². The third kappa shape index (κ3) is 2.84. The second-order valence-electron chi connectivity index (χ2n) is 4.06. The number of carboxylic acid groups (broad SMARTS) is 1. The first-order valence-electron chi connectivity index (χ1n) is 5.48. The molecule has 3 N–H and O–H groups in total. The van der Waals surface area contributed by atoms with Crippen LogP contribution in [0, 0.1) is 18.6 Å². The number of halogens is 2. The summed E-state index contributed by atoms with van der Waals surface area (Å²) in [5.41, 5.74) is -1.25. The first-order valence-corrected chi connectivity index (χ1v) is 6.97. The number of carboxylic acids is 1. The van der Waals surface area contributed by atoms with E-state index in [4.69, 9.17) is 5.11 Å². The molecule has 0 saturated heterocycles. The van der Waals surface area contributed by atoms with Gasteiger partial charge in [0, 0.05) is 6.07 Å². The number of hydrogen-bond donors (Lipinski definition) is 3. The summed E-state index contributed by atoms with van der Waals surface area (Å²) in [5, 5.41) is 14.5. The van der Waals surface area contributed by atoms with Crippen molar-refractivity contribution in [3.05, 3.63) is 41.2 Å². The van der Waals surface area contributed by atoms with Gasteiger partial charge in [0.05, 0.1) is 11.4 Å². The molecule has 0 saturated carbocycles. The van der Waals surface area contributed by atoms with Crippen molar-refractivity contribution >= 4 is 21.7 Å². The number of aromatic carboxylic acids is 1. The van der Waals surface area contributed by atoms with Crippen molar-refractivity contribution in [2.45, 2.75) is 11.8 Å². The van der Waals surface area contributed by atoms with E-state index in [2.05, 4.69) is 10.2 Å². The molecule has 0 atom stereocenters. The van der Waals surface area contributed by atoms with E-state index in [1.165, 1.54) is 6.92 Å². The number of aromatic nitrogens is 2. The summed E-state index contributed by atoms with van der Waals surface area (Å²) >= 11 is 0. The molecule has 0 aliphatic carbocycles. The van der Waals surface area contributed by atoms with Crippen LogP contribution in [0.5, 0.6) is 0 Å². The van der Waals surface area contributed by atoms with Gasteiger partial charge in [-0.2, -0.15) is 5.10 Å². The van der Waals surface area contributed by atoms with Gasteiger partial charge in [0.2, 0.25) is 0 Å². The minimum Gasteiger partial charge on any atom is -0.476 e. The Bertz CT molecular complexity index is 817. The third-order valence-corrected chi connectivity index (χ3v) is 4.06. The molecule has 0 bridgehead atoms. The fourth-order valence-corrected chi connectivity index (χ4v) is 3.05. The molecule has 0 spiro atoms. The maximum Gasteiger partial charge on any atom is 0.357 e. The Hall–Kier alpha value is -2.49. The van der Waals surface area contributed by atoms with Crippen molar-refractivity contribution in [1.82, 2.24) is 10.2 Å². The Morgan fingerprint density at radius 2 is 2.05 bits per heavy atom. The van der Waals surface area contributed by atoms with Crippen LogP contribution < -0.4 is 4.72 Å². The summed E-state index contributed by atoms with van der Waals surface area (Å²) in [5.74, 6) is -3.56. The van der Waals surface area contributed by atoms with Crippen molar-refractivity contribution in [2.24, 2.45) is 0 Å². The zero-order valence-corrected chi connectivity index (χ0v) is 11.3. The molecular formula is C11H9F2N3O4S. The smallest absolute Gasteiger partial charge is 0.357 e. The van der Waals surface area contributed by atoms with E-state index in [9.17, 15) is 22.0 Å². The Labute approximate surface area is 117 Å². The topological polar surface area (TPSA) is 112 Å². The maximum absolute atomic E-state index is 13.5. The van der Waals surface area contributed by atoms with Gasteiger partial charge in [-0.3, -0.25) is 9.82 Å². The van der Waals surface area contributed by atoms with Gasteiger partial charge in [-0.25, -0.2) is 22.0 Å². The zero-order valence-electron chi connectivity index (χ0n) is 10.5. The average molecular weight is 317 g/mol. The number of hydrogen-bond acceptors (Lipinski definition) is 4. The molecule has 1 heterocycles. The fraction of sp³-hybridized carbons (Fsp3) is 0.0909. The van der Waals surface area contributed by atoms with Gasteiger partial charge in [0.1, 0.15) is 16.5 Å². The molecule has 1 aromatic heterocycles. The number of benzene rings is 1. The molecular weight excluding hydrogens is 308 g/mol. The SMILES string of the molecule is Cc1[nH]nc(C(=O)O)c1S(=O)(=O)Nc1ccc(F)cc1F. The van der Waals surface area contributed by atoms with Crippen molar-refractivity contribution in [3.8, 4) is 0 Å². The van der Waals surface area contributed by atoms with E-state index in [0.717, 1.165) is 12.1 Å². The number of aryl methyl sites for hydroxylation is 1. The highest BCUT2D eigenvalue weighted by Gasteiger charge is 2.29. The van der Waals surface area contributed by atoms with Crippen LogP contribution >= 0.6 is 0 Å². The van der Waals surface area contributed by atoms with Gasteiger partial charge in [-0.05, 0) is 19.1 Å². The first-order chi connectivity index (χ1) is 9.72. The number of anilines is 1. The highest BCUT2D eigenvalue weighted by atomic mass is 32.2. The van der Waals surface area contributed by atoms with E-state index in [1.807, 2.05) is 4.72 Å². The minimum absolute atomic E-state index is 0.0255. The van der Waals surface area contributed by atoms with Crippen LogP contribution in [-0.4, -0.2) is 29.7 Å². The van der Waals surface area contributed by atoms with Crippen LogP contribution in [0.2, 0.25) is 0 Å². The quantitative estimate of drug-likeness (QED) is 0.791. The molecule has 21 heavy (non-hydrogen) atoms. The molecule has 0 amide bonds. The number of aromatic amines is 1. The van der Waals surface area contributed by atoms with Crippen molar-refractivity contribution in [3.63, 3.8) is 0 Å². The number of H-pyrrole nitrogens is 1. The molecule has 0 fully saturated rings. The number of nitrogens with zero attached hydrogens (tertiary/aromatic N) is 1. The summed E-state index contributed by atoms with van der Waals surface area (Å²) in [7, 11) is -4.40. The average Bonchev–Trinajstić information content (AvgIpc) is 2.76. The van der Waals surface area contributed by atoms with Crippen LogP contribution in [0.1, 0.15) is 16.2 Å². The highest BCUT2D eigenvalue weighted by molar-refractivity contribution is 7.92. The Morgan fingerprint density at radius 1 is 1.38 bits per heavy atom. The number of carbonyl (C=O) groups is 1. The Balaban J connectivity index is 2.48. The minimum atomic E-state index is -4.40. The molecule has 0 aliphatic heterocycles. The molecule has 2 aromatic rings. The van der Waals surface area contributed by atoms with Crippen LogP contribution in [0.3, 0.4) is 0 Å². The number of rotatable bonds is 4. The first kappa shape index (κ1) is 14.9. The van der Waals surface area contributed by atoms with Crippen LogP contribution in [-0.2, 0) is 10.0 Å². The number of nitrogens with one attached hydrogen (secondary N) is 2. The lowest BCUT2D eigenvalue weighted by Gasteiger charge is -2.09. The Morgan fingerprint density at radius 3 is 2.62 bits per heavy atom. The van der Waals surface area contributed by atoms with Gasteiger partial charge in [0.25, 0.3) is 10.0 Å². The van der Waals surface area contributed by atoms with Crippen molar-refractivity contribution in [2.75, 3.05) is 4.72 Å². The molecule has 7 nitrogen and oxygen atoms in total. The molecule has 0 unspecified atom stereocenters. The monoisotopic (exact) mass is 317 g/mol. The lowest BCUT2D eigenvalue weighted by atomic mass is 10.3. The summed E-state index contributed by atoms with van der Waals surface area (Å²) < 4.78 is 52.4. The molecule has 1 aromatic carbocycles. The largest absolute Gasteiger partial charge is 0.476 e. The summed E-state index contributed by atoms with van der Waals surface area (Å²) in [6, 6.07) is 2.25. The predicted molar refractivity (Wildman–Crippen MR) is 67.5 cm³/mol. The van der Waals surface area contributed by atoms with Gasteiger partial charge >= 0.3 is 5.97 Å². The molecule has 10 heteroatoms. The second-order valence-corrected chi connectivity index (χ2v) is 5.68. The highest BCUT2D eigenvalue weighted by Crippen LogP contribution is 2.23. The second kappa shape index (κ2) is 5.13. The number of sulfonamides is 1. The van der Waals surface area contributed by atoms with Gasteiger partial charge < -0.3 is 5.11 Å². The molecule has 0 aliphatic rings. The summed E-state index contributed by atoms with van der Waals surface area (Å²) in [4.78, 5) is 10.3. The maximum atomic E-state index is 13.5. The van der Waals surface area contributed by atoms with E-state index in [-0.39, 0.29) is 5.69 Å². The van der Waals surface area contributed by atoms with Crippen molar-refractivity contribution < 1.29 is 27.1 Å². The molecule has 2 rings (SSSR count). The summed E-state index contributed by atoms with van der Waals surface area (Å²) in [6.07, 6.45) is 0. The normalized spacial score (nSPS) is 11.4. The van der Waals surface area contributed by atoms with E-state index in [1.54, 1.807) is 0 Å². The fourth-order valence-electron chi connectivity index (χ4n) is 1.66.